The molecule has 2 aromatic rings. The molecule has 1 N–H and O–H groups in total. The van der Waals surface area contributed by atoms with Crippen molar-refractivity contribution in [3.63, 3.8) is 0 Å². The van der Waals surface area contributed by atoms with E-state index in [4.69, 9.17) is 21.1 Å². The summed E-state index contributed by atoms with van der Waals surface area (Å²) in [5, 5.41) is 3.27. The first kappa shape index (κ1) is 19.8. The van der Waals surface area contributed by atoms with Gasteiger partial charge in [0.15, 0.2) is 6.10 Å². The van der Waals surface area contributed by atoms with Gasteiger partial charge in [0, 0.05) is 10.7 Å². The molecular weight excluding hydrogens is 354 g/mol. The fraction of sp³-hybridized carbons (Fsp3) is 0.300. The third-order valence-corrected chi connectivity index (χ3v) is 4.05. The lowest BCUT2D eigenvalue weighted by molar-refractivity contribution is -0.123. The minimum absolute atomic E-state index is 0.0477. The van der Waals surface area contributed by atoms with Crippen LogP contribution in [0.5, 0.6) is 5.75 Å². The normalized spacial score (nSPS) is 11.8. The summed E-state index contributed by atoms with van der Waals surface area (Å²) in [6, 6.07) is 11.8. The Morgan fingerprint density at radius 2 is 1.69 bits per heavy atom. The smallest absolute Gasteiger partial charge is 0.338 e. The van der Waals surface area contributed by atoms with E-state index in [9.17, 15) is 9.59 Å². The van der Waals surface area contributed by atoms with E-state index in [0.29, 0.717) is 22.0 Å². The highest BCUT2D eigenvalue weighted by atomic mass is 35.5. The average molecular weight is 376 g/mol. The maximum absolute atomic E-state index is 12.3. The molecule has 0 fully saturated rings. The molecule has 0 aliphatic carbocycles. The second kappa shape index (κ2) is 8.72. The first-order chi connectivity index (χ1) is 12.3. The van der Waals surface area contributed by atoms with Crippen LogP contribution in [-0.2, 0) is 9.53 Å². The molecule has 5 nitrogen and oxygen atoms in total. The van der Waals surface area contributed by atoms with Gasteiger partial charge >= 0.3 is 5.97 Å². The molecule has 2 aromatic carbocycles. The molecule has 0 aliphatic rings. The van der Waals surface area contributed by atoms with Crippen LogP contribution >= 0.6 is 11.6 Å². The molecule has 0 aliphatic heterocycles. The number of halogens is 1. The number of carbonyl (C=O) groups is 2. The lowest BCUT2D eigenvalue weighted by Crippen LogP contribution is -2.30. The van der Waals surface area contributed by atoms with Crippen LogP contribution in [0.15, 0.2) is 42.5 Å². The van der Waals surface area contributed by atoms with E-state index in [1.54, 1.807) is 49.4 Å². The molecule has 138 valence electrons. The first-order valence-corrected chi connectivity index (χ1v) is 8.69. The van der Waals surface area contributed by atoms with Crippen molar-refractivity contribution in [3.05, 3.63) is 58.6 Å². The van der Waals surface area contributed by atoms with Gasteiger partial charge in [-0.15, -0.1) is 0 Å². The Labute approximate surface area is 158 Å². The molecule has 0 heterocycles. The van der Waals surface area contributed by atoms with Gasteiger partial charge in [-0.1, -0.05) is 17.7 Å². The molecule has 0 radical (unpaired) electrons. The van der Waals surface area contributed by atoms with Gasteiger partial charge < -0.3 is 14.8 Å². The van der Waals surface area contributed by atoms with Gasteiger partial charge in [0.25, 0.3) is 5.91 Å². The molecule has 0 aromatic heterocycles. The van der Waals surface area contributed by atoms with Crippen molar-refractivity contribution in [1.82, 2.24) is 0 Å². The van der Waals surface area contributed by atoms with Crippen molar-refractivity contribution >= 4 is 29.2 Å². The number of anilines is 1. The fourth-order valence-corrected chi connectivity index (χ4v) is 2.38. The number of hydrogen-bond donors (Lipinski definition) is 1. The van der Waals surface area contributed by atoms with Crippen molar-refractivity contribution in [3.8, 4) is 5.75 Å². The van der Waals surface area contributed by atoms with Crippen molar-refractivity contribution in [2.75, 3.05) is 5.32 Å². The number of carbonyl (C=O) groups excluding carboxylic acids is 2. The number of benzene rings is 2. The zero-order valence-electron chi connectivity index (χ0n) is 15.2. The summed E-state index contributed by atoms with van der Waals surface area (Å²) in [7, 11) is 0. The third kappa shape index (κ3) is 5.23. The molecule has 0 spiro atoms. The van der Waals surface area contributed by atoms with Gasteiger partial charge in [0.05, 0.1) is 11.7 Å². The number of amides is 1. The number of nitrogens with one attached hydrogen (secondary N) is 1. The van der Waals surface area contributed by atoms with Crippen LogP contribution in [-0.4, -0.2) is 24.1 Å². The molecule has 1 amide bonds. The van der Waals surface area contributed by atoms with E-state index in [1.807, 2.05) is 13.8 Å². The van der Waals surface area contributed by atoms with E-state index in [2.05, 4.69) is 5.32 Å². The van der Waals surface area contributed by atoms with Crippen molar-refractivity contribution in [2.45, 2.75) is 39.9 Å². The summed E-state index contributed by atoms with van der Waals surface area (Å²) in [6.45, 7) is 7.16. The summed E-state index contributed by atoms with van der Waals surface area (Å²) in [4.78, 5) is 24.5. The maximum Gasteiger partial charge on any atom is 0.338 e. The summed E-state index contributed by atoms with van der Waals surface area (Å²) in [5.41, 5.74) is 1.68. The van der Waals surface area contributed by atoms with Gasteiger partial charge in [-0.25, -0.2) is 4.79 Å². The highest BCUT2D eigenvalue weighted by Gasteiger charge is 2.20. The molecular formula is C20H22ClNO4. The van der Waals surface area contributed by atoms with Crippen molar-refractivity contribution < 1.29 is 19.1 Å². The van der Waals surface area contributed by atoms with Gasteiger partial charge in [0.1, 0.15) is 5.75 Å². The molecule has 0 unspecified atom stereocenters. The minimum atomic E-state index is -0.951. The molecule has 2 rings (SSSR count). The largest absolute Gasteiger partial charge is 0.491 e. The Bertz CT molecular complexity index is 787. The second-order valence-corrected chi connectivity index (χ2v) is 6.55. The van der Waals surface area contributed by atoms with Gasteiger partial charge in [-0.2, -0.15) is 0 Å². The Balaban J connectivity index is 1.97. The second-order valence-electron chi connectivity index (χ2n) is 6.14. The van der Waals surface area contributed by atoms with E-state index < -0.39 is 18.0 Å². The number of ether oxygens (including phenoxy) is 2. The van der Waals surface area contributed by atoms with Crippen molar-refractivity contribution in [2.24, 2.45) is 0 Å². The summed E-state index contributed by atoms with van der Waals surface area (Å²) >= 11 is 6.04. The van der Waals surface area contributed by atoms with E-state index in [0.717, 1.165) is 5.56 Å². The minimum Gasteiger partial charge on any atom is -0.491 e. The van der Waals surface area contributed by atoms with E-state index in [-0.39, 0.29) is 6.10 Å². The number of hydrogen-bond acceptors (Lipinski definition) is 4. The Hall–Kier alpha value is -2.53. The zero-order chi connectivity index (χ0) is 19.3. The van der Waals surface area contributed by atoms with Crippen LogP contribution in [0.2, 0.25) is 5.02 Å². The molecule has 0 saturated carbocycles. The number of rotatable bonds is 6. The topological polar surface area (TPSA) is 64.6 Å². The highest BCUT2D eigenvalue weighted by molar-refractivity contribution is 6.31. The Morgan fingerprint density at radius 3 is 2.31 bits per heavy atom. The summed E-state index contributed by atoms with van der Waals surface area (Å²) in [6.07, 6.45) is -0.904. The van der Waals surface area contributed by atoms with Crippen molar-refractivity contribution in [1.29, 1.82) is 0 Å². The van der Waals surface area contributed by atoms with Crippen LogP contribution in [0.1, 0.15) is 36.7 Å². The van der Waals surface area contributed by atoms with E-state index >= 15 is 0 Å². The van der Waals surface area contributed by atoms with Gasteiger partial charge in [-0.3, -0.25) is 4.79 Å². The summed E-state index contributed by atoms with van der Waals surface area (Å²) < 4.78 is 10.8. The molecule has 26 heavy (non-hydrogen) atoms. The van der Waals surface area contributed by atoms with Gasteiger partial charge in [-0.05, 0) is 69.7 Å². The quantitative estimate of drug-likeness (QED) is 0.748. The predicted molar refractivity (Wildman–Crippen MR) is 102 cm³/mol. The monoisotopic (exact) mass is 375 g/mol. The van der Waals surface area contributed by atoms with Crippen LogP contribution < -0.4 is 10.1 Å². The molecule has 0 bridgehead atoms. The SMILES string of the molecule is Cc1c(Cl)cccc1NC(=O)[C@@H](C)OC(=O)c1ccc(OC(C)C)cc1. The fourth-order valence-electron chi connectivity index (χ4n) is 2.20. The lowest BCUT2D eigenvalue weighted by atomic mass is 10.2. The predicted octanol–water partition coefficient (Wildman–Crippen LogP) is 4.62. The zero-order valence-corrected chi connectivity index (χ0v) is 16.0. The highest BCUT2D eigenvalue weighted by Crippen LogP contribution is 2.23. The van der Waals surface area contributed by atoms with Crippen LogP contribution in [0, 0.1) is 6.92 Å². The lowest BCUT2D eigenvalue weighted by Gasteiger charge is -2.15. The first-order valence-electron chi connectivity index (χ1n) is 8.31. The third-order valence-electron chi connectivity index (χ3n) is 3.64. The van der Waals surface area contributed by atoms with E-state index in [1.165, 1.54) is 6.92 Å². The average Bonchev–Trinajstić information content (AvgIpc) is 2.59. The molecule has 1 atom stereocenters. The van der Waals surface area contributed by atoms with Gasteiger partial charge in [0.2, 0.25) is 0 Å². The standard InChI is InChI=1S/C20H22ClNO4/c1-12(2)25-16-10-8-15(9-11-16)20(24)26-14(4)19(23)22-18-7-5-6-17(21)13(18)3/h5-12,14H,1-4H3,(H,22,23)/t14-/m1/s1. The molecule has 0 saturated heterocycles. The summed E-state index contributed by atoms with van der Waals surface area (Å²) in [5.74, 6) is -0.339. The maximum atomic E-state index is 12.3. The Kier molecular flexibility index (Phi) is 6.64. The number of esters is 1. The van der Waals surface area contributed by atoms with Crippen LogP contribution in [0.4, 0.5) is 5.69 Å². The van der Waals surface area contributed by atoms with Crippen LogP contribution in [0.25, 0.3) is 0 Å². The molecule has 6 heteroatoms. The van der Waals surface area contributed by atoms with Crippen LogP contribution in [0.3, 0.4) is 0 Å². The Morgan fingerprint density at radius 1 is 1.04 bits per heavy atom.